The van der Waals surface area contributed by atoms with Gasteiger partial charge in [-0.05, 0) is 102 Å². The quantitative estimate of drug-likeness (QED) is 0.189. The second kappa shape index (κ2) is 14.4. The summed E-state index contributed by atoms with van der Waals surface area (Å²) in [5.41, 5.74) is 4.09. The lowest BCUT2D eigenvalue weighted by Crippen LogP contribution is -2.35. The molecule has 0 aliphatic rings. The molecule has 0 saturated carbocycles. The predicted molar refractivity (Wildman–Crippen MR) is 173 cm³/mol. The lowest BCUT2D eigenvalue weighted by Gasteiger charge is -2.46. The van der Waals surface area contributed by atoms with Crippen molar-refractivity contribution >= 4 is 0 Å². The van der Waals surface area contributed by atoms with E-state index in [-0.39, 0.29) is 17.1 Å². The van der Waals surface area contributed by atoms with Crippen LogP contribution in [0.2, 0.25) is 0 Å². The highest BCUT2D eigenvalue weighted by Gasteiger charge is 2.41. The Balaban J connectivity index is 1.71. The van der Waals surface area contributed by atoms with Gasteiger partial charge in [-0.25, -0.2) is 0 Å². The third-order valence-electron chi connectivity index (χ3n) is 8.49. The number of phenols is 1. The molecule has 0 saturated heterocycles. The Morgan fingerprint density at radius 2 is 1.29 bits per heavy atom. The molecule has 3 unspecified atom stereocenters. The summed E-state index contributed by atoms with van der Waals surface area (Å²) in [4.78, 5) is 0. The van der Waals surface area contributed by atoms with E-state index in [1.54, 1.807) is 0 Å². The van der Waals surface area contributed by atoms with Crippen molar-refractivity contribution in [1.29, 1.82) is 0 Å². The van der Waals surface area contributed by atoms with Gasteiger partial charge in [-0.2, -0.15) is 0 Å². The molecule has 3 heteroatoms. The molecule has 0 heterocycles. The number of hydrogen-bond donors (Lipinski definition) is 1. The first-order valence-electron chi connectivity index (χ1n) is 15.5. The van der Waals surface area contributed by atoms with Crippen LogP contribution in [-0.2, 0) is 11.2 Å². The van der Waals surface area contributed by atoms with E-state index in [2.05, 4.69) is 116 Å². The number of benzene rings is 3. The van der Waals surface area contributed by atoms with Gasteiger partial charge in [-0.15, -0.1) is 0 Å². The van der Waals surface area contributed by atoms with Crippen LogP contribution < -0.4 is 4.74 Å². The van der Waals surface area contributed by atoms with Gasteiger partial charge in [0.25, 0.3) is 0 Å². The molecular formula is C38H54O3. The van der Waals surface area contributed by atoms with Crippen LogP contribution in [0.4, 0.5) is 0 Å². The fourth-order valence-corrected chi connectivity index (χ4v) is 7.20. The smallest absolute Gasteiger partial charge is 0.196 e. The van der Waals surface area contributed by atoms with Crippen LogP contribution in [0.5, 0.6) is 11.5 Å². The first-order chi connectivity index (χ1) is 19.3. The van der Waals surface area contributed by atoms with Crippen LogP contribution >= 0.6 is 0 Å². The summed E-state index contributed by atoms with van der Waals surface area (Å²) in [6, 6.07) is 27.0. The van der Waals surface area contributed by atoms with Gasteiger partial charge in [-0.1, -0.05) is 110 Å². The largest absolute Gasteiger partial charge is 0.508 e. The average molecular weight is 559 g/mol. The molecule has 3 aromatic carbocycles. The minimum absolute atomic E-state index is 0.0695. The van der Waals surface area contributed by atoms with E-state index < -0.39 is 0 Å². The molecule has 0 amide bonds. The van der Waals surface area contributed by atoms with Gasteiger partial charge in [0.2, 0.25) is 0 Å². The lowest BCUT2D eigenvalue weighted by molar-refractivity contribution is -0.0654. The molecule has 0 bridgehead atoms. The van der Waals surface area contributed by atoms with E-state index >= 15 is 0 Å². The van der Waals surface area contributed by atoms with Gasteiger partial charge in [0.05, 0.1) is 6.61 Å². The van der Waals surface area contributed by atoms with E-state index in [1.807, 2.05) is 25.1 Å². The number of hydrogen-bond acceptors (Lipinski definition) is 3. The molecule has 224 valence electrons. The minimum Gasteiger partial charge on any atom is -0.508 e. The van der Waals surface area contributed by atoms with Crippen molar-refractivity contribution in [3.05, 3.63) is 95.6 Å². The first-order valence-corrected chi connectivity index (χ1v) is 15.5. The Hall–Kier alpha value is -2.78. The van der Waals surface area contributed by atoms with Gasteiger partial charge in [0.15, 0.2) is 6.29 Å². The van der Waals surface area contributed by atoms with Crippen molar-refractivity contribution in [1.82, 2.24) is 0 Å². The van der Waals surface area contributed by atoms with Crippen LogP contribution in [0.25, 0.3) is 0 Å². The zero-order valence-electron chi connectivity index (χ0n) is 27.0. The van der Waals surface area contributed by atoms with Crippen LogP contribution in [-0.4, -0.2) is 18.0 Å². The number of ether oxygens (including phenoxy) is 2. The third kappa shape index (κ3) is 9.64. The van der Waals surface area contributed by atoms with Crippen molar-refractivity contribution in [2.75, 3.05) is 6.61 Å². The Bertz CT molecular complexity index is 1160. The summed E-state index contributed by atoms with van der Waals surface area (Å²) < 4.78 is 12.0. The van der Waals surface area contributed by atoms with Crippen LogP contribution in [0.3, 0.4) is 0 Å². The summed E-state index contributed by atoms with van der Waals surface area (Å²) in [5.74, 6) is 3.06. The van der Waals surface area contributed by atoms with Gasteiger partial charge in [0, 0.05) is 0 Å². The van der Waals surface area contributed by atoms with Gasteiger partial charge in [0.1, 0.15) is 11.5 Å². The minimum atomic E-state index is -0.305. The lowest BCUT2D eigenvalue weighted by atomic mass is 9.58. The topological polar surface area (TPSA) is 38.7 Å². The maximum atomic E-state index is 9.90. The van der Waals surface area contributed by atoms with E-state index in [1.165, 1.54) is 16.7 Å². The van der Waals surface area contributed by atoms with E-state index in [4.69, 9.17) is 9.47 Å². The van der Waals surface area contributed by atoms with Gasteiger partial charge in [-0.3, -0.25) is 0 Å². The van der Waals surface area contributed by atoms with Crippen molar-refractivity contribution in [3.63, 3.8) is 0 Å². The highest BCUT2D eigenvalue weighted by Crippen LogP contribution is 2.53. The Kier molecular flexibility index (Phi) is 11.5. The first kappa shape index (κ1) is 32.7. The Morgan fingerprint density at radius 3 is 1.85 bits per heavy atom. The Morgan fingerprint density at radius 1 is 0.707 bits per heavy atom. The molecule has 1 N–H and O–H groups in total. The van der Waals surface area contributed by atoms with Crippen molar-refractivity contribution in [3.8, 4) is 11.5 Å². The molecule has 3 aromatic rings. The predicted octanol–water partition coefficient (Wildman–Crippen LogP) is 10.4. The molecule has 0 radical (unpaired) electrons. The van der Waals surface area contributed by atoms with E-state index in [9.17, 15) is 5.11 Å². The molecule has 0 aliphatic carbocycles. The molecule has 0 fully saturated rings. The van der Waals surface area contributed by atoms with E-state index in [0.717, 1.165) is 25.0 Å². The molecular weight excluding hydrogens is 504 g/mol. The van der Waals surface area contributed by atoms with Crippen molar-refractivity contribution < 1.29 is 14.6 Å². The number of rotatable bonds is 15. The number of phenolic OH excluding ortho intramolecular Hbond substituents is 1. The second-order valence-corrected chi connectivity index (χ2v) is 14.0. The summed E-state index contributed by atoms with van der Waals surface area (Å²) in [6.45, 7) is 21.6. The molecule has 0 aliphatic heterocycles. The van der Waals surface area contributed by atoms with Gasteiger partial charge >= 0.3 is 0 Å². The number of aromatic hydroxyl groups is 1. The molecule has 3 atom stereocenters. The summed E-state index contributed by atoms with van der Waals surface area (Å²) in [7, 11) is 0. The van der Waals surface area contributed by atoms with Crippen LogP contribution in [0, 0.1) is 22.7 Å². The second-order valence-electron chi connectivity index (χ2n) is 14.0. The maximum absolute atomic E-state index is 9.90. The zero-order valence-corrected chi connectivity index (χ0v) is 27.0. The third-order valence-corrected chi connectivity index (χ3v) is 8.49. The molecule has 0 aromatic heterocycles. The summed E-state index contributed by atoms with van der Waals surface area (Å²) in [6.07, 6.45) is 2.78. The SMILES string of the molecule is CC(C)CC(c1ccc(O)cc1)C(C)(C)CC(C)(C)C(c1ccc(OC(C)OCCc2ccccc2)cc1)C(C)C. The highest BCUT2D eigenvalue weighted by molar-refractivity contribution is 5.32. The monoisotopic (exact) mass is 558 g/mol. The Labute approximate surface area is 250 Å². The molecule has 3 nitrogen and oxygen atoms in total. The van der Waals surface area contributed by atoms with Crippen LogP contribution in [0.15, 0.2) is 78.9 Å². The van der Waals surface area contributed by atoms with E-state index in [0.29, 0.717) is 36.0 Å². The molecule has 41 heavy (non-hydrogen) atoms. The highest BCUT2D eigenvalue weighted by atomic mass is 16.7. The maximum Gasteiger partial charge on any atom is 0.196 e. The molecule has 0 spiro atoms. The average Bonchev–Trinajstić information content (AvgIpc) is 2.88. The normalized spacial score (nSPS) is 14.7. The standard InChI is InChI=1S/C38H54O3/c1-27(2)25-35(31-15-19-33(39)20-16-31)37(6,7)26-38(8,9)36(28(3)4)32-17-21-34(22-18-32)41-29(5)40-24-23-30-13-11-10-12-14-30/h10-22,27-29,35-36,39H,23-26H2,1-9H3. The van der Waals surface area contributed by atoms with Gasteiger partial charge < -0.3 is 14.6 Å². The van der Waals surface area contributed by atoms with Crippen molar-refractivity contribution in [2.24, 2.45) is 22.7 Å². The van der Waals surface area contributed by atoms with Crippen LogP contribution in [0.1, 0.15) is 104 Å². The zero-order chi connectivity index (χ0) is 30.2. The summed E-state index contributed by atoms with van der Waals surface area (Å²) in [5, 5.41) is 9.90. The molecule has 3 rings (SSSR count). The fraction of sp³-hybridized carbons (Fsp3) is 0.526. The van der Waals surface area contributed by atoms with Crippen molar-refractivity contribution in [2.45, 2.75) is 99.7 Å². The fourth-order valence-electron chi connectivity index (χ4n) is 7.20. The summed E-state index contributed by atoms with van der Waals surface area (Å²) >= 11 is 0.